The second-order valence-corrected chi connectivity index (χ2v) is 8.89. The Hall–Kier alpha value is -4.27. The van der Waals surface area contributed by atoms with Crippen molar-refractivity contribution in [1.29, 1.82) is 5.26 Å². The smallest absolute Gasteiger partial charge is 0.270 e. The first-order valence-electron chi connectivity index (χ1n) is 11.7. The Bertz CT molecular complexity index is 1430. The Morgan fingerprint density at radius 3 is 2.69 bits per heavy atom. The minimum Gasteiger partial charge on any atom is -0.395 e. The van der Waals surface area contributed by atoms with E-state index in [1.807, 2.05) is 38.4 Å². The lowest BCUT2D eigenvalue weighted by Gasteiger charge is -2.39. The number of fused-ring (bicyclic) bond motifs is 1. The quantitative estimate of drug-likeness (QED) is 0.415. The van der Waals surface area contributed by atoms with E-state index >= 15 is 0 Å². The largest absolute Gasteiger partial charge is 0.395 e. The molecule has 3 aromatic heterocycles. The summed E-state index contributed by atoms with van der Waals surface area (Å²) in [5.74, 6) is 0.433. The Labute approximate surface area is 208 Å². The van der Waals surface area contributed by atoms with Gasteiger partial charge in [0.05, 0.1) is 30.0 Å². The molecule has 0 radical (unpaired) electrons. The molecule has 2 N–H and O–H groups in total. The molecule has 4 aromatic rings. The number of aromatic nitrogens is 5. The van der Waals surface area contributed by atoms with Crippen molar-refractivity contribution in [1.82, 2.24) is 34.6 Å². The van der Waals surface area contributed by atoms with Crippen molar-refractivity contribution in [2.75, 3.05) is 38.2 Å². The number of benzene rings is 1. The summed E-state index contributed by atoms with van der Waals surface area (Å²) >= 11 is 0. The molecule has 0 spiro atoms. The minimum atomic E-state index is -0.306. The molecule has 4 heterocycles. The third-order valence-corrected chi connectivity index (χ3v) is 6.57. The molecule has 0 unspecified atom stereocenters. The highest BCUT2D eigenvalue weighted by atomic mass is 16.3. The van der Waals surface area contributed by atoms with Crippen molar-refractivity contribution in [3.63, 3.8) is 0 Å². The molecule has 36 heavy (non-hydrogen) atoms. The summed E-state index contributed by atoms with van der Waals surface area (Å²) in [5.41, 5.74) is 3.82. The number of piperazine rings is 1. The molecule has 0 saturated carbocycles. The zero-order valence-corrected chi connectivity index (χ0v) is 20.2. The van der Waals surface area contributed by atoms with E-state index in [0.717, 1.165) is 30.2 Å². The van der Waals surface area contributed by atoms with Gasteiger partial charge in [-0.05, 0) is 30.8 Å². The average molecular weight is 486 g/mol. The Kier molecular flexibility index (Phi) is 6.37. The van der Waals surface area contributed by atoms with E-state index in [2.05, 4.69) is 31.3 Å². The van der Waals surface area contributed by atoms with Gasteiger partial charge >= 0.3 is 0 Å². The highest BCUT2D eigenvalue weighted by Crippen LogP contribution is 2.25. The number of carbonyl (C=O) groups excluding carboxylic acids is 1. The van der Waals surface area contributed by atoms with Crippen LogP contribution in [0.1, 0.15) is 21.6 Å². The van der Waals surface area contributed by atoms with Crippen molar-refractivity contribution < 1.29 is 9.90 Å². The number of carbonyl (C=O) groups is 1. The zero-order chi connectivity index (χ0) is 25.2. The van der Waals surface area contributed by atoms with Gasteiger partial charge in [-0.25, -0.2) is 4.98 Å². The number of likely N-dealkylation sites (N-methyl/N-ethyl adjacent to an activating group) is 1. The van der Waals surface area contributed by atoms with Crippen molar-refractivity contribution in [3.8, 4) is 17.5 Å². The summed E-state index contributed by atoms with van der Waals surface area (Å²) in [4.78, 5) is 22.0. The van der Waals surface area contributed by atoms with Gasteiger partial charge in [-0.15, -0.1) is 0 Å². The number of aliphatic hydroxyl groups is 1. The standard InChI is InChI=1S/C25H27N9O2/c1-31-9-10-33(15-19(31)16-35)24-12-21(25(36)27-14-18-5-3-17(13-26)4-6-18)29-23-11-20(30-34(23)24)22-7-8-28-32(22)2/h3-8,11-12,19,35H,9-10,14-16H2,1-2H3,(H,27,36)/t19-/m0/s1. The van der Waals surface area contributed by atoms with E-state index in [0.29, 0.717) is 30.0 Å². The lowest BCUT2D eigenvalue weighted by Crippen LogP contribution is -2.53. The van der Waals surface area contributed by atoms with Gasteiger partial charge in [0.1, 0.15) is 17.2 Å². The Balaban J connectivity index is 1.49. The van der Waals surface area contributed by atoms with Crippen LogP contribution in [0.3, 0.4) is 0 Å². The summed E-state index contributed by atoms with van der Waals surface area (Å²) < 4.78 is 3.49. The van der Waals surface area contributed by atoms with Gasteiger partial charge in [0, 0.05) is 51.6 Å². The second kappa shape index (κ2) is 9.77. The number of rotatable bonds is 6. The molecule has 0 bridgehead atoms. The van der Waals surface area contributed by atoms with Crippen LogP contribution in [0, 0.1) is 11.3 Å². The number of amides is 1. The molecular weight excluding hydrogens is 458 g/mol. The van der Waals surface area contributed by atoms with E-state index in [4.69, 9.17) is 10.4 Å². The van der Waals surface area contributed by atoms with E-state index in [-0.39, 0.29) is 24.2 Å². The monoisotopic (exact) mass is 485 g/mol. The predicted octanol–water partition coefficient (Wildman–Crippen LogP) is 1.04. The molecule has 1 aliphatic heterocycles. The lowest BCUT2D eigenvalue weighted by atomic mass is 10.1. The molecule has 0 aliphatic carbocycles. The Morgan fingerprint density at radius 2 is 2.00 bits per heavy atom. The van der Waals surface area contributed by atoms with Gasteiger partial charge in [0.25, 0.3) is 5.91 Å². The third-order valence-electron chi connectivity index (χ3n) is 6.57. The van der Waals surface area contributed by atoms with Crippen LogP contribution in [0.5, 0.6) is 0 Å². The predicted molar refractivity (Wildman–Crippen MR) is 133 cm³/mol. The van der Waals surface area contributed by atoms with Gasteiger partial charge in [-0.3, -0.25) is 14.4 Å². The van der Waals surface area contributed by atoms with Crippen LogP contribution in [0.25, 0.3) is 17.0 Å². The second-order valence-electron chi connectivity index (χ2n) is 8.89. The van der Waals surface area contributed by atoms with Crippen LogP contribution in [-0.2, 0) is 13.6 Å². The SMILES string of the molecule is CN1CCN(c2cc(C(=O)NCc3ccc(C#N)cc3)nc3cc(-c4ccnn4C)nn23)C[C@H]1CO. The summed E-state index contributed by atoms with van der Waals surface area (Å²) in [6, 6.07) is 14.6. The fraction of sp³-hybridized carbons (Fsp3) is 0.320. The number of nitrogens with zero attached hydrogens (tertiary/aromatic N) is 8. The van der Waals surface area contributed by atoms with Crippen LogP contribution in [0.4, 0.5) is 5.82 Å². The maximum atomic E-state index is 13.1. The van der Waals surface area contributed by atoms with Crippen LogP contribution >= 0.6 is 0 Å². The van der Waals surface area contributed by atoms with Gasteiger partial charge < -0.3 is 15.3 Å². The molecule has 5 rings (SSSR count). The van der Waals surface area contributed by atoms with Gasteiger partial charge in [-0.2, -0.15) is 20.0 Å². The molecule has 1 aromatic carbocycles. The average Bonchev–Trinajstić information content (AvgIpc) is 3.53. The molecule has 1 saturated heterocycles. The maximum Gasteiger partial charge on any atom is 0.270 e. The molecule has 11 nitrogen and oxygen atoms in total. The summed E-state index contributed by atoms with van der Waals surface area (Å²) in [5, 5.41) is 30.8. The van der Waals surface area contributed by atoms with E-state index in [1.54, 1.807) is 33.6 Å². The number of nitrogens with one attached hydrogen (secondary N) is 1. The zero-order valence-electron chi connectivity index (χ0n) is 20.2. The third kappa shape index (κ3) is 4.51. The first-order valence-corrected chi connectivity index (χ1v) is 11.7. The summed E-state index contributed by atoms with van der Waals surface area (Å²) in [6.45, 7) is 2.44. The lowest BCUT2D eigenvalue weighted by molar-refractivity contribution is 0.0946. The highest BCUT2D eigenvalue weighted by molar-refractivity contribution is 5.93. The number of hydrogen-bond acceptors (Lipinski definition) is 8. The molecule has 184 valence electrons. The van der Waals surface area contributed by atoms with E-state index in [9.17, 15) is 9.90 Å². The maximum absolute atomic E-state index is 13.1. The summed E-state index contributed by atoms with van der Waals surface area (Å²) in [7, 11) is 3.85. The van der Waals surface area contributed by atoms with Crippen LogP contribution in [0.2, 0.25) is 0 Å². The number of aryl methyl sites for hydroxylation is 1. The van der Waals surface area contributed by atoms with Crippen molar-refractivity contribution in [2.45, 2.75) is 12.6 Å². The van der Waals surface area contributed by atoms with Crippen molar-refractivity contribution >= 4 is 17.4 Å². The van der Waals surface area contributed by atoms with Crippen molar-refractivity contribution in [2.24, 2.45) is 7.05 Å². The van der Waals surface area contributed by atoms with Crippen molar-refractivity contribution in [3.05, 3.63) is 65.5 Å². The molecular formula is C25H27N9O2. The number of anilines is 1. The highest BCUT2D eigenvalue weighted by Gasteiger charge is 2.27. The molecule has 1 fully saturated rings. The van der Waals surface area contributed by atoms with Crippen LogP contribution < -0.4 is 10.2 Å². The van der Waals surface area contributed by atoms with E-state index in [1.165, 1.54) is 0 Å². The van der Waals surface area contributed by atoms with Gasteiger partial charge in [0.15, 0.2) is 5.65 Å². The van der Waals surface area contributed by atoms with Gasteiger partial charge in [0.2, 0.25) is 0 Å². The van der Waals surface area contributed by atoms with Crippen LogP contribution in [-0.4, -0.2) is 79.6 Å². The molecule has 11 heteroatoms. The first kappa shape index (κ1) is 23.5. The molecule has 1 amide bonds. The summed E-state index contributed by atoms with van der Waals surface area (Å²) in [6.07, 6.45) is 1.71. The van der Waals surface area contributed by atoms with Gasteiger partial charge in [-0.1, -0.05) is 12.1 Å². The van der Waals surface area contributed by atoms with E-state index < -0.39 is 0 Å². The first-order chi connectivity index (χ1) is 17.5. The fourth-order valence-corrected chi connectivity index (χ4v) is 4.37. The number of nitriles is 1. The normalized spacial score (nSPS) is 16.3. The number of hydrogen-bond donors (Lipinski definition) is 2. The fourth-order valence-electron chi connectivity index (χ4n) is 4.37. The molecule has 1 aliphatic rings. The minimum absolute atomic E-state index is 0.0252. The number of aliphatic hydroxyl groups excluding tert-OH is 1. The topological polar surface area (TPSA) is 128 Å². The Morgan fingerprint density at radius 1 is 1.19 bits per heavy atom. The molecule has 1 atom stereocenters. The van der Waals surface area contributed by atoms with Crippen LogP contribution in [0.15, 0.2) is 48.7 Å².